The van der Waals surface area contributed by atoms with E-state index in [0.29, 0.717) is 38.7 Å². The normalized spacial score (nSPS) is 15.5. The Bertz CT molecular complexity index is 1150. The fraction of sp³-hybridized carbons (Fsp3) is 0.346. The second-order valence-electron chi connectivity index (χ2n) is 8.54. The Hall–Kier alpha value is -2.29. The summed E-state index contributed by atoms with van der Waals surface area (Å²) in [6, 6.07) is 14.5. The number of hydrogen-bond acceptors (Lipinski definition) is 6. The number of nitrogens with zero attached hydrogens (tertiary/aromatic N) is 1. The highest BCUT2D eigenvalue weighted by atomic mass is 35.5. The lowest BCUT2D eigenvalue weighted by Crippen LogP contribution is -2.43. The lowest BCUT2D eigenvalue weighted by molar-refractivity contribution is 0.0403. The van der Waals surface area contributed by atoms with Crippen LogP contribution in [0.4, 0.5) is 5.69 Å². The molecule has 186 valence electrons. The van der Waals surface area contributed by atoms with Crippen molar-refractivity contribution in [3.8, 4) is 11.5 Å². The van der Waals surface area contributed by atoms with Crippen molar-refractivity contribution in [2.75, 3.05) is 31.6 Å². The van der Waals surface area contributed by atoms with Gasteiger partial charge in [0.2, 0.25) is 0 Å². The number of anilines is 1. The van der Waals surface area contributed by atoms with Crippen LogP contribution in [0.2, 0.25) is 10.0 Å². The van der Waals surface area contributed by atoms with Crippen LogP contribution in [0.25, 0.3) is 0 Å². The molecule has 1 saturated heterocycles. The molecule has 2 aromatic carbocycles. The molecule has 0 radical (unpaired) electrons. The summed E-state index contributed by atoms with van der Waals surface area (Å²) < 4.78 is 11.9. The molecule has 4 rings (SSSR count). The highest BCUT2D eigenvalue weighted by Gasteiger charge is 2.23. The third-order valence-corrected chi connectivity index (χ3v) is 7.59. The maximum absolute atomic E-state index is 12.6. The molecule has 2 N–H and O–H groups in total. The molecule has 0 spiro atoms. The van der Waals surface area contributed by atoms with Crippen LogP contribution in [0, 0.1) is 6.92 Å². The maximum Gasteiger partial charge on any atom is 0.266 e. The van der Waals surface area contributed by atoms with E-state index in [1.54, 1.807) is 24.3 Å². The Morgan fingerprint density at radius 2 is 1.94 bits per heavy atom. The van der Waals surface area contributed by atoms with Gasteiger partial charge in [0.1, 0.15) is 30.3 Å². The largest absolute Gasteiger partial charge is 0.490 e. The minimum atomic E-state index is -0.661. The van der Waals surface area contributed by atoms with Crippen molar-refractivity contribution < 1.29 is 19.4 Å². The van der Waals surface area contributed by atoms with Gasteiger partial charge >= 0.3 is 0 Å². The maximum atomic E-state index is 12.6. The number of hydrogen-bond donors (Lipinski definition) is 2. The van der Waals surface area contributed by atoms with E-state index in [-0.39, 0.29) is 18.6 Å². The number of thiophene rings is 1. The number of piperidine rings is 1. The summed E-state index contributed by atoms with van der Waals surface area (Å²) in [7, 11) is 0. The topological polar surface area (TPSA) is 71.0 Å². The number of aryl methyl sites for hydroxylation is 1. The van der Waals surface area contributed by atoms with Crippen LogP contribution in [0.1, 0.15) is 28.1 Å². The Balaban J connectivity index is 1.23. The van der Waals surface area contributed by atoms with Crippen LogP contribution >= 0.6 is 34.5 Å². The van der Waals surface area contributed by atoms with Crippen molar-refractivity contribution in [3.63, 3.8) is 0 Å². The Morgan fingerprint density at radius 1 is 1.17 bits per heavy atom. The van der Waals surface area contributed by atoms with E-state index in [0.717, 1.165) is 31.5 Å². The third-order valence-electron chi connectivity index (χ3n) is 5.83. The SMILES string of the molecule is Cc1ccsc1C(=O)Nc1ccccc1OCC(O)CN1CCC(Oc2ccc(Cl)c(Cl)c2)CC1. The summed E-state index contributed by atoms with van der Waals surface area (Å²) in [5.74, 6) is 1.08. The monoisotopic (exact) mass is 534 g/mol. The Kier molecular flexibility index (Phi) is 8.92. The number of halogens is 2. The molecule has 1 unspecified atom stereocenters. The number of β-amino-alcohol motifs (C(OH)–C–C–N with tert-alkyl or cyclic N) is 1. The van der Waals surface area contributed by atoms with Gasteiger partial charge in [0, 0.05) is 25.7 Å². The van der Waals surface area contributed by atoms with Crippen LogP contribution in [0.3, 0.4) is 0 Å². The first kappa shape index (κ1) is 25.8. The molecule has 1 aliphatic rings. The summed E-state index contributed by atoms with van der Waals surface area (Å²) >= 11 is 13.4. The van der Waals surface area contributed by atoms with Crippen molar-refractivity contribution in [3.05, 3.63) is 74.4 Å². The smallest absolute Gasteiger partial charge is 0.266 e. The molecule has 3 aromatic rings. The van der Waals surface area contributed by atoms with Crippen LogP contribution in [-0.4, -0.2) is 54.4 Å². The second kappa shape index (κ2) is 12.1. The van der Waals surface area contributed by atoms with Gasteiger partial charge in [0.05, 0.1) is 20.6 Å². The number of ether oxygens (including phenoxy) is 2. The molecule has 9 heteroatoms. The zero-order chi connectivity index (χ0) is 24.8. The number of aliphatic hydroxyl groups is 1. The number of carbonyl (C=O) groups is 1. The molecule has 0 bridgehead atoms. The Morgan fingerprint density at radius 3 is 2.66 bits per heavy atom. The number of para-hydroxylation sites is 2. The van der Waals surface area contributed by atoms with Gasteiger partial charge in [0.15, 0.2) is 0 Å². The fourth-order valence-corrected chi connectivity index (χ4v) is 5.08. The Labute approximate surface area is 219 Å². The van der Waals surface area contributed by atoms with E-state index >= 15 is 0 Å². The molecule has 1 aromatic heterocycles. The van der Waals surface area contributed by atoms with E-state index in [2.05, 4.69) is 10.2 Å². The number of rotatable bonds is 9. The first-order chi connectivity index (χ1) is 16.9. The molecule has 2 heterocycles. The van der Waals surface area contributed by atoms with Gasteiger partial charge in [-0.1, -0.05) is 35.3 Å². The molecule has 1 aliphatic heterocycles. The molecular weight excluding hydrogens is 507 g/mol. The first-order valence-electron chi connectivity index (χ1n) is 11.5. The highest BCUT2D eigenvalue weighted by Crippen LogP contribution is 2.29. The lowest BCUT2D eigenvalue weighted by atomic mass is 10.1. The average Bonchev–Trinajstić information content (AvgIpc) is 3.28. The van der Waals surface area contributed by atoms with E-state index in [4.69, 9.17) is 32.7 Å². The van der Waals surface area contributed by atoms with Gasteiger partial charge in [-0.2, -0.15) is 0 Å². The van der Waals surface area contributed by atoms with Crippen LogP contribution < -0.4 is 14.8 Å². The zero-order valence-electron chi connectivity index (χ0n) is 19.4. The van der Waals surface area contributed by atoms with Crippen molar-refractivity contribution in [1.82, 2.24) is 4.90 Å². The van der Waals surface area contributed by atoms with Gasteiger partial charge in [-0.25, -0.2) is 0 Å². The highest BCUT2D eigenvalue weighted by molar-refractivity contribution is 7.12. The molecule has 0 saturated carbocycles. The molecular formula is C26H28Cl2N2O4S. The number of likely N-dealkylation sites (tertiary alicyclic amines) is 1. The molecule has 1 atom stereocenters. The van der Waals surface area contributed by atoms with Gasteiger partial charge in [0.25, 0.3) is 5.91 Å². The first-order valence-corrected chi connectivity index (χ1v) is 13.1. The summed E-state index contributed by atoms with van der Waals surface area (Å²) in [6.45, 7) is 4.17. The summed E-state index contributed by atoms with van der Waals surface area (Å²) in [4.78, 5) is 15.5. The van der Waals surface area contributed by atoms with Crippen molar-refractivity contribution in [2.45, 2.75) is 32.0 Å². The minimum Gasteiger partial charge on any atom is -0.490 e. The van der Waals surface area contributed by atoms with Crippen LogP contribution in [0.15, 0.2) is 53.9 Å². The average molecular weight is 535 g/mol. The summed E-state index contributed by atoms with van der Waals surface area (Å²) in [6.07, 6.45) is 1.14. The second-order valence-corrected chi connectivity index (χ2v) is 10.3. The number of aliphatic hydroxyl groups excluding tert-OH is 1. The zero-order valence-corrected chi connectivity index (χ0v) is 21.7. The van der Waals surface area contributed by atoms with Gasteiger partial charge in [-0.15, -0.1) is 11.3 Å². The lowest BCUT2D eigenvalue weighted by Gasteiger charge is -2.33. The third kappa shape index (κ3) is 7.12. The van der Waals surface area contributed by atoms with E-state index < -0.39 is 6.10 Å². The number of carbonyl (C=O) groups excluding carboxylic acids is 1. The predicted molar refractivity (Wildman–Crippen MR) is 142 cm³/mol. The predicted octanol–water partition coefficient (Wildman–Crippen LogP) is 5.90. The van der Waals surface area contributed by atoms with Crippen LogP contribution in [0.5, 0.6) is 11.5 Å². The van der Waals surface area contributed by atoms with Gasteiger partial charge in [-0.05, 0) is 61.0 Å². The van der Waals surface area contributed by atoms with Gasteiger partial charge in [-0.3, -0.25) is 4.79 Å². The standard InChI is InChI=1S/C26H28Cl2N2O4S/c1-17-10-13-35-25(17)26(32)29-23-4-2-3-5-24(23)33-16-18(31)15-30-11-8-19(9-12-30)34-20-6-7-21(27)22(28)14-20/h2-7,10,13-14,18-19,31H,8-9,11-12,15-16H2,1H3,(H,29,32). The van der Waals surface area contributed by atoms with Crippen molar-refractivity contribution in [2.24, 2.45) is 0 Å². The quantitative estimate of drug-likeness (QED) is 0.357. The molecule has 0 aliphatic carbocycles. The number of amides is 1. The van der Waals surface area contributed by atoms with Crippen molar-refractivity contribution >= 4 is 46.1 Å². The van der Waals surface area contributed by atoms with Gasteiger partial charge < -0.3 is 24.8 Å². The molecule has 6 nitrogen and oxygen atoms in total. The van der Waals surface area contributed by atoms with E-state index in [1.807, 2.05) is 36.6 Å². The number of nitrogens with one attached hydrogen (secondary N) is 1. The van der Waals surface area contributed by atoms with Crippen LogP contribution in [-0.2, 0) is 0 Å². The number of benzene rings is 2. The van der Waals surface area contributed by atoms with E-state index in [9.17, 15) is 9.90 Å². The molecule has 1 amide bonds. The van der Waals surface area contributed by atoms with E-state index in [1.165, 1.54) is 11.3 Å². The minimum absolute atomic E-state index is 0.0966. The molecule has 1 fully saturated rings. The van der Waals surface area contributed by atoms with Crippen molar-refractivity contribution in [1.29, 1.82) is 0 Å². The summed E-state index contributed by atoms with van der Waals surface area (Å²) in [5.41, 5.74) is 1.52. The fourth-order valence-electron chi connectivity index (χ4n) is 3.97. The summed E-state index contributed by atoms with van der Waals surface area (Å²) in [5, 5.41) is 16.4. The molecule has 35 heavy (non-hydrogen) atoms.